The van der Waals surface area contributed by atoms with E-state index in [0.717, 1.165) is 13.1 Å². The number of nitrogens with zero attached hydrogens (tertiary/aromatic N) is 3. The van der Waals surface area contributed by atoms with Gasteiger partial charge in [0.15, 0.2) is 0 Å². The number of imidazole rings is 1. The standard InChI is InChI=1S/C9H13N5O2/c1-13-4-11-8(14(15)16)9(13)12-7-5-2-10-3-6(5)7/h4-7,10,12H,2-3H2,1H3. The van der Waals surface area contributed by atoms with Crippen molar-refractivity contribution < 1.29 is 4.92 Å². The van der Waals surface area contributed by atoms with Crippen molar-refractivity contribution in [2.24, 2.45) is 18.9 Å². The molecule has 7 nitrogen and oxygen atoms in total. The highest BCUT2D eigenvalue weighted by atomic mass is 16.6. The summed E-state index contributed by atoms with van der Waals surface area (Å²) in [6.45, 7) is 2.02. The zero-order valence-corrected chi connectivity index (χ0v) is 8.88. The Balaban J connectivity index is 1.79. The van der Waals surface area contributed by atoms with Crippen molar-refractivity contribution in [3.63, 3.8) is 0 Å². The van der Waals surface area contributed by atoms with Crippen LogP contribution in [-0.4, -0.2) is 33.6 Å². The van der Waals surface area contributed by atoms with Gasteiger partial charge in [-0.15, -0.1) is 0 Å². The minimum atomic E-state index is -0.446. The van der Waals surface area contributed by atoms with Gasteiger partial charge in [-0.2, -0.15) is 0 Å². The molecule has 1 saturated carbocycles. The van der Waals surface area contributed by atoms with Crippen LogP contribution in [0.25, 0.3) is 0 Å². The average Bonchev–Trinajstić information content (AvgIpc) is 2.66. The summed E-state index contributed by atoms with van der Waals surface area (Å²) in [5.74, 6) is 1.67. The molecule has 16 heavy (non-hydrogen) atoms. The molecule has 1 aliphatic heterocycles. The molecule has 1 aromatic rings. The molecule has 3 rings (SSSR count). The Hall–Kier alpha value is -1.63. The Morgan fingerprint density at radius 2 is 2.31 bits per heavy atom. The molecule has 0 radical (unpaired) electrons. The predicted molar refractivity (Wildman–Crippen MR) is 57.1 cm³/mol. The lowest BCUT2D eigenvalue weighted by molar-refractivity contribution is -0.388. The lowest BCUT2D eigenvalue weighted by atomic mass is 10.4. The van der Waals surface area contributed by atoms with Crippen LogP contribution < -0.4 is 10.6 Å². The van der Waals surface area contributed by atoms with Gasteiger partial charge in [-0.1, -0.05) is 0 Å². The van der Waals surface area contributed by atoms with Crippen molar-refractivity contribution >= 4 is 11.6 Å². The van der Waals surface area contributed by atoms with Crippen molar-refractivity contribution in [2.45, 2.75) is 6.04 Å². The lowest BCUT2D eigenvalue weighted by Crippen LogP contribution is -2.22. The van der Waals surface area contributed by atoms with Crippen LogP contribution in [0.1, 0.15) is 0 Å². The van der Waals surface area contributed by atoms with Crippen LogP contribution >= 0.6 is 0 Å². The average molecular weight is 223 g/mol. The van der Waals surface area contributed by atoms with Gasteiger partial charge in [-0.3, -0.25) is 4.57 Å². The summed E-state index contributed by atoms with van der Waals surface area (Å²) in [5.41, 5.74) is 0. The van der Waals surface area contributed by atoms with Crippen molar-refractivity contribution in [1.29, 1.82) is 0 Å². The molecule has 0 amide bonds. The summed E-state index contributed by atoms with van der Waals surface area (Å²) in [5, 5.41) is 17.3. The van der Waals surface area contributed by atoms with Gasteiger partial charge >= 0.3 is 5.82 Å². The Kier molecular flexibility index (Phi) is 1.90. The number of fused-ring (bicyclic) bond motifs is 1. The Morgan fingerprint density at radius 3 is 2.94 bits per heavy atom. The van der Waals surface area contributed by atoms with Gasteiger partial charge in [0.2, 0.25) is 12.1 Å². The number of nitrogens with one attached hydrogen (secondary N) is 2. The Bertz CT molecular complexity index is 433. The number of rotatable bonds is 3. The van der Waals surface area contributed by atoms with Gasteiger partial charge < -0.3 is 20.7 Å². The fourth-order valence-electron chi connectivity index (χ4n) is 2.51. The van der Waals surface area contributed by atoms with Crippen LogP contribution in [0.5, 0.6) is 0 Å². The number of hydrogen-bond acceptors (Lipinski definition) is 5. The highest BCUT2D eigenvalue weighted by Gasteiger charge is 2.53. The SMILES string of the molecule is Cn1cnc([N+](=O)[O-])c1NC1C2CNCC21. The van der Waals surface area contributed by atoms with Crippen molar-refractivity contribution in [2.75, 3.05) is 18.4 Å². The largest absolute Gasteiger partial charge is 0.406 e. The minimum Gasteiger partial charge on any atom is -0.361 e. The van der Waals surface area contributed by atoms with Gasteiger partial charge in [0.1, 0.15) is 0 Å². The molecular formula is C9H13N5O2. The molecule has 2 aliphatic rings. The maximum Gasteiger partial charge on any atom is 0.406 e. The molecule has 1 aliphatic carbocycles. The van der Waals surface area contributed by atoms with E-state index in [2.05, 4.69) is 15.6 Å². The van der Waals surface area contributed by atoms with E-state index in [0.29, 0.717) is 23.7 Å². The monoisotopic (exact) mass is 223 g/mol. The lowest BCUT2D eigenvalue weighted by Gasteiger charge is -2.08. The zero-order chi connectivity index (χ0) is 11.3. The quantitative estimate of drug-likeness (QED) is 0.554. The van der Waals surface area contributed by atoms with Crippen molar-refractivity contribution in [1.82, 2.24) is 14.9 Å². The summed E-state index contributed by atoms with van der Waals surface area (Å²) < 4.78 is 1.67. The minimum absolute atomic E-state index is 0.0829. The fourth-order valence-corrected chi connectivity index (χ4v) is 2.51. The molecule has 1 aromatic heterocycles. The first kappa shape index (κ1) is 9.59. The van der Waals surface area contributed by atoms with E-state index in [9.17, 15) is 10.1 Å². The highest BCUT2D eigenvalue weighted by Crippen LogP contribution is 2.44. The molecule has 2 heterocycles. The molecule has 0 bridgehead atoms. The van der Waals surface area contributed by atoms with E-state index in [1.54, 1.807) is 11.6 Å². The molecule has 1 saturated heterocycles. The third kappa shape index (κ3) is 1.28. The second-order valence-electron chi connectivity index (χ2n) is 4.44. The van der Waals surface area contributed by atoms with E-state index in [1.165, 1.54) is 6.33 Å². The van der Waals surface area contributed by atoms with E-state index < -0.39 is 4.92 Å². The molecule has 0 spiro atoms. The maximum absolute atomic E-state index is 10.8. The Morgan fingerprint density at radius 1 is 1.62 bits per heavy atom. The second-order valence-corrected chi connectivity index (χ2v) is 4.44. The highest BCUT2D eigenvalue weighted by molar-refractivity contribution is 5.54. The number of aryl methyl sites for hydroxylation is 1. The van der Waals surface area contributed by atoms with Gasteiger partial charge in [0.25, 0.3) is 0 Å². The normalized spacial score (nSPS) is 31.2. The molecule has 2 atom stereocenters. The van der Waals surface area contributed by atoms with Gasteiger partial charge in [-0.25, -0.2) is 0 Å². The first-order valence-electron chi connectivity index (χ1n) is 5.31. The van der Waals surface area contributed by atoms with Crippen LogP contribution in [0.4, 0.5) is 11.6 Å². The topological polar surface area (TPSA) is 85.0 Å². The smallest absolute Gasteiger partial charge is 0.361 e. The van der Waals surface area contributed by atoms with E-state index in [4.69, 9.17) is 0 Å². The van der Waals surface area contributed by atoms with Crippen LogP contribution in [0, 0.1) is 22.0 Å². The molecule has 0 aromatic carbocycles. The third-order valence-electron chi connectivity index (χ3n) is 3.49. The van der Waals surface area contributed by atoms with Crippen LogP contribution in [0.3, 0.4) is 0 Å². The van der Waals surface area contributed by atoms with Gasteiger partial charge in [-0.05, 0) is 21.7 Å². The number of nitro groups is 1. The van der Waals surface area contributed by atoms with Crippen LogP contribution in [0.15, 0.2) is 6.33 Å². The van der Waals surface area contributed by atoms with Crippen LogP contribution in [-0.2, 0) is 7.05 Å². The number of aromatic nitrogens is 2. The first-order valence-corrected chi connectivity index (χ1v) is 5.31. The zero-order valence-electron chi connectivity index (χ0n) is 8.88. The van der Waals surface area contributed by atoms with Gasteiger partial charge in [0, 0.05) is 26.2 Å². The number of piperidine rings is 1. The molecule has 2 unspecified atom stereocenters. The van der Waals surface area contributed by atoms with Crippen molar-refractivity contribution in [3.8, 4) is 0 Å². The van der Waals surface area contributed by atoms with E-state index >= 15 is 0 Å². The number of hydrogen-bond donors (Lipinski definition) is 2. The summed E-state index contributed by atoms with van der Waals surface area (Å²) in [6.07, 6.45) is 1.47. The van der Waals surface area contributed by atoms with E-state index in [1.807, 2.05) is 0 Å². The second kappa shape index (κ2) is 3.18. The third-order valence-corrected chi connectivity index (χ3v) is 3.49. The summed E-state index contributed by atoms with van der Waals surface area (Å²) in [4.78, 5) is 14.1. The Labute approximate surface area is 92.0 Å². The summed E-state index contributed by atoms with van der Waals surface area (Å²) in [6, 6.07) is 0.371. The molecule has 2 N–H and O–H groups in total. The maximum atomic E-state index is 10.8. The predicted octanol–water partition coefficient (Wildman–Crippen LogP) is -0.0420. The molecular weight excluding hydrogens is 210 g/mol. The van der Waals surface area contributed by atoms with Crippen LogP contribution in [0.2, 0.25) is 0 Å². The summed E-state index contributed by atoms with van der Waals surface area (Å²) >= 11 is 0. The van der Waals surface area contributed by atoms with Crippen molar-refractivity contribution in [3.05, 3.63) is 16.4 Å². The fraction of sp³-hybridized carbons (Fsp3) is 0.667. The van der Waals surface area contributed by atoms with E-state index in [-0.39, 0.29) is 5.82 Å². The molecule has 2 fully saturated rings. The number of anilines is 1. The first-order chi connectivity index (χ1) is 7.68. The summed E-state index contributed by atoms with van der Waals surface area (Å²) in [7, 11) is 1.76. The van der Waals surface area contributed by atoms with Gasteiger partial charge in [0.05, 0.1) is 0 Å². The molecule has 86 valence electrons. The molecule has 7 heteroatoms.